The molecule has 0 aromatic rings. The number of urea groups is 1. The predicted octanol–water partition coefficient (Wildman–Crippen LogP) is -2.08. The molecular weight excluding hydrogens is 178 g/mol. The Labute approximate surface area is 74.8 Å². The molecule has 0 bridgehead atoms. The van der Waals surface area contributed by atoms with Gasteiger partial charge in [0.1, 0.15) is 6.54 Å². The van der Waals surface area contributed by atoms with Gasteiger partial charge in [-0.2, -0.15) is 0 Å². The summed E-state index contributed by atoms with van der Waals surface area (Å²) in [7, 11) is 1.44. The number of carbonyl (C=O) groups excluding carboxylic acids is 1. The molecule has 2 amide bonds. The van der Waals surface area contributed by atoms with E-state index in [1.165, 1.54) is 7.05 Å². The van der Waals surface area contributed by atoms with E-state index in [4.69, 9.17) is 21.0 Å². The zero-order chi connectivity index (χ0) is 11.0. The number of amides is 2. The van der Waals surface area contributed by atoms with Gasteiger partial charge in [0.2, 0.25) is 0 Å². The van der Waals surface area contributed by atoms with Crippen LogP contribution in [0.4, 0.5) is 4.79 Å². The first-order valence-corrected chi connectivity index (χ1v) is 3.09. The topological polar surface area (TPSA) is 160 Å². The molecule has 0 aliphatic heterocycles. The third-order valence-electron chi connectivity index (χ3n) is 0.784. The monoisotopic (exact) mass is 191 g/mol. The molecule has 8 N–H and O–H groups in total. The van der Waals surface area contributed by atoms with E-state index in [-0.39, 0.29) is 12.5 Å². The summed E-state index contributed by atoms with van der Waals surface area (Å²) in [5.74, 6) is -1.23. The molecular formula is C5H13N5O3. The van der Waals surface area contributed by atoms with Crippen molar-refractivity contribution in [2.45, 2.75) is 0 Å². The highest BCUT2D eigenvalue weighted by atomic mass is 16.4. The Morgan fingerprint density at radius 3 is 1.77 bits per heavy atom. The van der Waals surface area contributed by atoms with E-state index in [9.17, 15) is 4.79 Å². The highest BCUT2D eigenvalue weighted by Gasteiger charge is 2.03. The number of hydrogen-bond donors (Lipinski definition) is 5. The number of nitrogens with one attached hydrogen (secondary N) is 1. The second-order valence-electron chi connectivity index (χ2n) is 2.04. The molecule has 0 saturated carbocycles. The van der Waals surface area contributed by atoms with Crippen molar-refractivity contribution in [2.24, 2.45) is 17.2 Å². The Morgan fingerprint density at radius 2 is 1.69 bits per heavy atom. The Hall–Kier alpha value is -1.99. The third-order valence-corrected chi connectivity index (χ3v) is 0.784. The minimum absolute atomic E-state index is 0.227. The number of primary amides is 2. The highest BCUT2D eigenvalue weighted by molar-refractivity contribution is 5.79. The van der Waals surface area contributed by atoms with Crippen molar-refractivity contribution in [3.63, 3.8) is 0 Å². The van der Waals surface area contributed by atoms with Gasteiger partial charge >= 0.3 is 12.0 Å². The van der Waals surface area contributed by atoms with Crippen molar-refractivity contribution >= 4 is 18.0 Å². The van der Waals surface area contributed by atoms with Crippen LogP contribution >= 0.6 is 0 Å². The van der Waals surface area contributed by atoms with E-state index >= 15 is 0 Å². The van der Waals surface area contributed by atoms with Gasteiger partial charge in [-0.3, -0.25) is 10.2 Å². The standard InChI is InChI=1S/C4H9N3O2.CH4N2O/c1-7(4(5)6)2-3(8)9;2-1(3)4/h2H2,1H3,(H3,5,6)(H,8,9);(H4,2,3,4). The Bertz CT molecular complexity index is 200. The molecule has 0 unspecified atom stereocenters. The van der Waals surface area contributed by atoms with E-state index in [0.717, 1.165) is 4.90 Å². The number of rotatable bonds is 2. The predicted molar refractivity (Wildman–Crippen MR) is 46.0 cm³/mol. The number of carboxylic acids is 1. The van der Waals surface area contributed by atoms with Crippen LogP contribution in [0.3, 0.4) is 0 Å². The normalized spacial score (nSPS) is 7.77. The van der Waals surface area contributed by atoms with Crippen LogP contribution in [0.2, 0.25) is 0 Å². The van der Waals surface area contributed by atoms with Gasteiger partial charge in [0, 0.05) is 7.05 Å². The number of guanidine groups is 1. The molecule has 0 heterocycles. The maximum atomic E-state index is 9.92. The van der Waals surface area contributed by atoms with Gasteiger partial charge in [0.15, 0.2) is 5.96 Å². The van der Waals surface area contributed by atoms with Crippen molar-refractivity contribution in [3.8, 4) is 0 Å². The van der Waals surface area contributed by atoms with Gasteiger partial charge in [-0.1, -0.05) is 0 Å². The zero-order valence-corrected chi connectivity index (χ0v) is 7.15. The molecule has 0 saturated heterocycles. The molecule has 0 spiro atoms. The number of likely N-dealkylation sites (N-methyl/N-ethyl adjacent to an activating group) is 1. The minimum Gasteiger partial charge on any atom is -0.480 e. The first kappa shape index (κ1) is 13.6. The van der Waals surface area contributed by atoms with Gasteiger partial charge < -0.3 is 27.2 Å². The van der Waals surface area contributed by atoms with Crippen molar-refractivity contribution in [2.75, 3.05) is 13.6 Å². The van der Waals surface area contributed by atoms with Crippen LogP contribution in [-0.2, 0) is 4.79 Å². The smallest absolute Gasteiger partial charge is 0.323 e. The Kier molecular flexibility index (Phi) is 7.01. The van der Waals surface area contributed by atoms with E-state index in [1.807, 2.05) is 0 Å². The lowest BCUT2D eigenvalue weighted by atomic mass is 10.6. The van der Waals surface area contributed by atoms with Crippen LogP contribution in [0, 0.1) is 5.41 Å². The minimum atomic E-state index is -0.993. The van der Waals surface area contributed by atoms with Crippen LogP contribution in [0.1, 0.15) is 0 Å². The van der Waals surface area contributed by atoms with E-state index in [2.05, 4.69) is 11.5 Å². The molecule has 8 heteroatoms. The van der Waals surface area contributed by atoms with Crippen LogP contribution < -0.4 is 17.2 Å². The summed E-state index contributed by atoms with van der Waals surface area (Å²) in [5.41, 5.74) is 13.4. The molecule has 76 valence electrons. The third kappa shape index (κ3) is 17.8. The lowest BCUT2D eigenvalue weighted by Gasteiger charge is -2.12. The lowest BCUT2D eigenvalue weighted by molar-refractivity contribution is -0.137. The number of nitrogens with two attached hydrogens (primary N) is 3. The largest absolute Gasteiger partial charge is 0.480 e. The van der Waals surface area contributed by atoms with Crippen molar-refractivity contribution < 1.29 is 14.7 Å². The van der Waals surface area contributed by atoms with Gasteiger partial charge in [0.25, 0.3) is 0 Å². The van der Waals surface area contributed by atoms with E-state index in [1.54, 1.807) is 0 Å². The summed E-state index contributed by atoms with van der Waals surface area (Å²) in [6.45, 7) is -0.227. The molecule has 0 rings (SSSR count). The Balaban J connectivity index is 0. The maximum absolute atomic E-state index is 9.92. The average Bonchev–Trinajstić information content (AvgIpc) is 1.83. The quantitative estimate of drug-likeness (QED) is 0.250. The Morgan fingerprint density at radius 1 is 1.38 bits per heavy atom. The van der Waals surface area contributed by atoms with Crippen LogP contribution in [-0.4, -0.2) is 41.6 Å². The summed E-state index contributed by atoms with van der Waals surface area (Å²) in [5, 5.41) is 14.9. The first-order chi connectivity index (χ1) is 5.77. The summed E-state index contributed by atoms with van der Waals surface area (Å²) in [6, 6.07) is -0.833. The zero-order valence-electron chi connectivity index (χ0n) is 7.15. The van der Waals surface area contributed by atoms with E-state index in [0.29, 0.717) is 0 Å². The summed E-state index contributed by atoms with van der Waals surface area (Å²) >= 11 is 0. The number of nitrogens with zero attached hydrogens (tertiary/aromatic N) is 1. The van der Waals surface area contributed by atoms with Crippen LogP contribution in [0.15, 0.2) is 0 Å². The maximum Gasteiger partial charge on any atom is 0.323 e. The lowest BCUT2D eigenvalue weighted by Crippen LogP contribution is -2.36. The molecule has 0 aliphatic carbocycles. The molecule has 8 nitrogen and oxygen atoms in total. The molecule has 13 heavy (non-hydrogen) atoms. The first-order valence-electron chi connectivity index (χ1n) is 3.09. The number of carboxylic acid groups (broad SMARTS) is 1. The average molecular weight is 191 g/mol. The van der Waals surface area contributed by atoms with Crippen LogP contribution in [0.25, 0.3) is 0 Å². The second kappa shape index (κ2) is 6.70. The molecule has 0 fully saturated rings. The van der Waals surface area contributed by atoms with Gasteiger partial charge in [0.05, 0.1) is 0 Å². The number of aliphatic carboxylic acids is 1. The molecule has 0 aromatic heterocycles. The van der Waals surface area contributed by atoms with Gasteiger partial charge in [-0.05, 0) is 0 Å². The molecule has 0 aromatic carbocycles. The summed E-state index contributed by atoms with van der Waals surface area (Å²) in [6.07, 6.45) is 0. The summed E-state index contributed by atoms with van der Waals surface area (Å²) in [4.78, 5) is 20.0. The summed E-state index contributed by atoms with van der Waals surface area (Å²) < 4.78 is 0. The second-order valence-corrected chi connectivity index (χ2v) is 2.04. The SMILES string of the molecule is CN(CC(=O)O)C(=N)N.NC(N)=O. The van der Waals surface area contributed by atoms with Crippen molar-refractivity contribution in [3.05, 3.63) is 0 Å². The van der Waals surface area contributed by atoms with Crippen molar-refractivity contribution in [1.82, 2.24) is 4.90 Å². The fourth-order valence-corrected chi connectivity index (χ4v) is 0.288. The van der Waals surface area contributed by atoms with Gasteiger partial charge in [-0.15, -0.1) is 0 Å². The van der Waals surface area contributed by atoms with E-state index < -0.39 is 12.0 Å². The fourth-order valence-electron chi connectivity index (χ4n) is 0.288. The van der Waals surface area contributed by atoms with Crippen molar-refractivity contribution in [1.29, 1.82) is 5.41 Å². The van der Waals surface area contributed by atoms with Crippen LogP contribution in [0.5, 0.6) is 0 Å². The van der Waals surface area contributed by atoms with Gasteiger partial charge in [-0.25, -0.2) is 4.79 Å². The highest BCUT2D eigenvalue weighted by Crippen LogP contribution is 1.76. The molecule has 0 atom stereocenters. The molecule has 0 aliphatic rings. The number of hydrogen-bond acceptors (Lipinski definition) is 3. The molecule has 0 radical (unpaired) electrons. The fraction of sp³-hybridized carbons (Fsp3) is 0.400. The number of carbonyl (C=O) groups is 2.